The first-order valence-corrected chi connectivity index (χ1v) is 29.9. The van der Waals surface area contributed by atoms with Crippen LogP contribution < -0.4 is 35.2 Å². The average Bonchev–Trinajstić information content (AvgIpc) is 3.85. The number of aromatic nitrogens is 4. The number of nitrogen functional groups attached to an aromatic ring is 1. The Morgan fingerprint density at radius 1 is 0.743 bits per heavy atom. The molecule has 0 radical (unpaired) electrons. The molecule has 1 aliphatic rings. The van der Waals surface area contributed by atoms with E-state index in [4.69, 9.17) is 68.2 Å². The van der Waals surface area contributed by atoms with Crippen molar-refractivity contribution < 1.29 is 69.9 Å². The van der Waals surface area contributed by atoms with Crippen molar-refractivity contribution in [2.45, 2.75) is 78.0 Å². The van der Waals surface area contributed by atoms with Crippen molar-refractivity contribution in [3.63, 3.8) is 0 Å². The molecule has 29 heteroatoms. The summed E-state index contributed by atoms with van der Waals surface area (Å²) in [7, 11) is -4.21. The molecule has 0 spiro atoms. The van der Waals surface area contributed by atoms with Gasteiger partial charge in [0.2, 0.25) is 0 Å². The lowest BCUT2D eigenvalue weighted by Crippen LogP contribution is -2.36. The molecule has 6 rings (SSSR count). The van der Waals surface area contributed by atoms with Crippen LogP contribution in [0.5, 0.6) is 17.2 Å². The van der Waals surface area contributed by atoms with E-state index in [9.17, 15) is 33.2 Å². The molecule has 5 aromatic rings. The van der Waals surface area contributed by atoms with Crippen LogP contribution in [0.15, 0.2) is 116 Å². The molecule has 1 saturated carbocycles. The summed E-state index contributed by atoms with van der Waals surface area (Å²) in [6.07, 6.45) is -4.20. The summed E-state index contributed by atoms with van der Waals surface area (Å²) in [4.78, 5) is 46.0. The highest BCUT2D eigenvalue weighted by molar-refractivity contribution is 8.05. The molecule has 2 heterocycles. The van der Waals surface area contributed by atoms with Crippen molar-refractivity contribution in [2.75, 3.05) is 32.2 Å². The number of nitrogens with one attached hydrogen (secondary N) is 2. The number of nitrogens with two attached hydrogens (primary N) is 2. The number of anilines is 1. The number of halogens is 4. The molecule has 0 bridgehead atoms. The number of esters is 3. The number of carbonyl (C=O) groups is 3. The van der Waals surface area contributed by atoms with Crippen LogP contribution in [0.25, 0.3) is 11.2 Å². The van der Waals surface area contributed by atoms with Crippen molar-refractivity contribution in [1.82, 2.24) is 29.7 Å². The largest absolute Gasteiger partial charge is 0.465 e. The monoisotopic (exact) mass is 1150 g/mol. The van der Waals surface area contributed by atoms with Gasteiger partial charge in [0.05, 0.1) is 44.9 Å². The second-order valence-corrected chi connectivity index (χ2v) is 23.9. The standard InChI is InChI=1S/C23H28FN6O6P.C11H15ClNO4P.C6H5Cl2O2P.C5H11NO2/c1-4-34-23(32)14(3)29-37(33,36-15-8-6-5-7-9-15)35-10-16-13(2)19(17(24)20(16)31)30-12-28-18-21(25)26-11-27-22(18)30;1-3-16-11(14)9(2)13-18(12,15)17-10-7-5-4-6-8-10;7-11(8,9)10-6-4-2-1-3-5-6;1-3-8-5(7)4(2)6/h5-9,11-12,14,16-17,19-20,31H,2,4,10H2,1,3H3,(H,29,33)(H2,25,26,27);4-9H,3H2,1-2H3,(H,13,15);1-5H;4H,3,6H2,1-2H3/t14-,16+,17+,19-,20?,37?;9-,18?;;4-/m11.1/s1. The summed E-state index contributed by atoms with van der Waals surface area (Å²) in [6.45, 7) is 10.3. The SMILES string of the molecule is C=C1[C@@H](n2cnc3c(N)ncnc32)[C@H](F)C(O)[C@H]1COP(=O)(N[C@H](C)C(=O)OCC)Oc1ccccc1.CCOC(=O)[C@@H](C)N.CCOC(=O)[C@@H](C)NP(=O)(Cl)Oc1ccccc1.O=P(Cl)(Cl)Oc1ccccc1. The Hall–Kier alpha value is -5.15. The van der Waals surface area contributed by atoms with Gasteiger partial charge >= 0.3 is 38.6 Å². The number of imidazole rings is 1. The fourth-order valence-electron chi connectivity index (χ4n) is 6.18. The Morgan fingerprint density at radius 2 is 1.20 bits per heavy atom. The number of hydrogen-bond donors (Lipinski definition) is 5. The minimum absolute atomic E-state index is 0.127. The first kappa shape index (κ1) is 63.1. The van der Waals surface area contributed by atoms with Gasteiger partial charge in [0.1, 0.15) is 47.2 Å². The van der Waals surface area contributed by atoms with Crippen molar-refractivity contribution in [1.29, 1.82) is 0 Å². The summed E-state index contributed by atoms with van der Waals surface area (Å²) in [5, 5.41) is 15.7. The zero-order valence-corrected chi connectivity index (χ0v) is 45.9. The summed E-state index contributed by atoms with van der Waals surface area (Å²) in [5.74, 6) is -1.40. The van der Waals surface area contributed by atoms with Gasteiger partial charge in [-0.3, -0.25) is 18.9 Å². The molecule has 3 aromatic carbocycles. The Kier molecular flexibility index (Phi) is 26.0. The van der Waals surface area contributed by atoms with Crippen LogP contribution in [0.4, 0.5) is 10.2 Å². The minimum Gasteiger partial charge on any atom is -0.465 e. The number of aliphatic hydroxyl groups is 1. The number of ether oxygens (including phenoxy) is 3. The molecule has 1 aliphatic carbocycles. The van der Waals surface area contributed by atoms with E-state index < -0.39 is 81.6 Å². The maximum atomic E-state index is 15.4. The van der Waals surface area contributed by atoms with E-state index in [-0.39, 0.29) is 47.5 Å². The van der Waals surface area contributed by atoms with Crippen molar-refractivity contribution in [3.05, 3.63) is 116 Å². The average molecular weight is 1150 g/mol. The normalized spacial score (nSPS) is 18.8. The zero-order chi connectivity index (χ0) is 55.2. The first-order chi connectivity index (χ1) is 34.9. The molecule has 0 amide bonds. The number of alkyl halides is 1. The Bertz CT molecular complexity index is 2720. The van der Waals surface area contributed by atoms with Crippen LogP contribution in [-0.4, -0.2) is 99.4 Å². The van der Waals surface area contributed by atoms with Gasteiger partial charge in [-0.15, -0.1) is 0 Å². The molecule has 9 atom stereocenters. The van der Waals surface area contributed by atoms with E-state index in [1.807, 2.05) is 0 Å². The molecule has 74 heavy (non-hydrogen) atoms. The topological polar surface area (TPSA) is 307 Å². The van der Waals surface area contributed by atoms with Gasteiger partial charge in [0.25, 0.3) is 0 Å². The smallest absolute Gasteiger partial charge is 0.459 e. The Morgan fingerprint density at radius 3 is 1.66 bits per heavy atom. The fraction of sp³-hybridized carbons (Fsp3) is 0.378. The van der Waals surface area contributed by atoms with Gasteiger partial charge in [0.15, 0.2) is 17.6 Å². The van der Waals surface area contributed by atoms with E-state index in [1.54, 1.807) is 119 Å². The lowest BCUT2D eigenvalue weighted by atomic mass is 10.0. The molecule has 7 N–H and O–H groups in total. The van der Waals surface area contributed by atoms with E-state index >= 15 is 4.39 Å². The predicted octanol–water partition coefficient (Wildman–Crippen LogP) is 9.08. The van der Waals surface area contributed by atoms with Crippen LogP contribution in [-0.2, 0) is 46.8 Å². The van der Waals surface area contributed by atoms with Crippen LogP contribution in [0.1, 0.15) is 47.6 Å². The van der Waals surface area contributed by atoms with Crippen molar-refractivity contribution >= 4 is 89.3 Å². The molecule has 0 aliphatic heterocycles. The third-order valence-corrected chi connectivity index (χ3v) is 13.7. The molecule has 1 fully saturated rings. The number of para-hydroxylation sites is 3. The van der Waals surface area contributed by atoms with Gasteiger partial charge in [0, 0.05) is 39.6 Å². The maximum absolute atomic E-state index is 15.4. The molecule has 3 unspecified atom stereocenters. The number of hydrogen-bond acceptors (Lipinski definition) is 19. The molecule has 22 nitrogen and oxygen atoms in total. The third-order valence-electron chi connectivity index (χ3n) is 9.54. The number of aliphatic hydroxyl groups excluding tert-OH is 1. The molecular formula is C45H59Cl3FN8O14P3. The summed E-state index contributed by atoms with van der Waals surface area (Å²) >= 11 is 16.1. The van der Waals surface area contributed by atoms with Crippen LogP contribution in [0, 0.1) is 5.92 Å². The number of nitrogens with zero attached hydrogens (tertiary/aromatic N) is 4. The van der Waals surface area contributed by atoms with Crippen LogP contribution in [0.2, 0.25) is 0 Å². The molecule has 2 aromatic heterocycles. The van der Waals surface area contributed by atoms with Gasteiger partial charge in [-0.1, -0.05) is 61.2 Å². The highest BCUT2D eigenvalue weighted by Crippen LogP contribution is 2.57. The lowest BCUT2D eigenvalue weighted by molar-refractivity contribution is -0.145. The van der Waals surface area contributed by atoms with Gasteiger partial charge < -0.3 is 48.9 Å². The van der Waals surface area contributed by atoms with E-state index in [0.717, 1.165) is 0 Å². The Balaban J connectivity index is 0.000000320. The van der Waals surface area contributed by atoms with Crippen LogP contribution >= 0.6 is 54.4 Å². The summed E-state index contributed by atoms with van der Waals surface area (Å²) in [5.41, 5.74) is 11.8. The number of carbonyl (C=O) groups excluding carboxylic acids is 3. The minimum atomic E-state index is -4.21. The second-order valence-electron chi connectivity index (χ2n) is 15.3. The maximum Gasteiger partial charge on any atom is 0.459 e. The molecule has 406 valence electrons. The van der Waals surface area contributed by atoms with E-state index in [0.29, 0.717) is 18.1 Å². The predicted molar refractivity (Wildman–Crippen MR) is 279 cm³/mol. The quantitative estimate of drug-likeness (QED) is 0.0210. The third kappa shape index (κ3) is 20.9. The van der Waals surface area contributed by atoms with Crippen molar-refractivity contribution in [3.8, 4) is 17.2 Å². The van der Waals surface area contributed by atoms with Gasteiger partial charge in [-0.05, 0) is 83.5 Å². The van der Waals surface area contributed by atoms with Crippen molar-refractivity contribution in [2.24, 2.45) is 11.7 Å². The second kappa shape index (κ2) is 30.4. The number of benzene rings is 3. The lowest BCUT2D eigenvalue weighted by Gasteiger charge is -2.25. The van der Waals surface area contributed by atoms with Gasteiger partial charge in [-0.2, -0.15) is 5.09 Å². The first-order valence-electron chi connectivity index (χ1n) is 22.4. The highest BCUT2D eigenvalue weighted by atomic mass is 35.9. The molecule has 0 saturated heterocycles. The molecular weight excluding hydrogens is 1090 g/mol. The zero-order valence-electron chi connectivity index (χ0n) is 40.9. The summed E-state index contributed by atoms with van der Waals surface area (Å²) in [6, 6.07) is 21.8. The van der Waals surface area contributed by atoms with Gasteiger partial charge in [-0.25, -0.2) is 38.1 Å². The number of rotatable bonds is 20. The fourth-order valence-corrected chi connectivity index (χ4v) is 10.2. The Labute approximate surface area is 441 Å². The highest BCUT2D eigenvalue weighted by Gasteiger charge is 2.49. The number of fused-ring (bicyclic) bond motifs is 1. The van der Waals surface area contributed by atoms with E-state index in [1.165, 1.54) is 31.1 Å². The van der Waals surface area contributed by atoms with E-state index in [2.05, 4.69) is 41.0 Å². The summed E-state index contributed by atoms with van der Waals surface area (Å²) < 4.78 is 88.4. The van der Waals surface area contributed by atoms with Crippen LogP contribution in [0.3, 0.4) is 0 Å².